The van der Waals surface area contributed by atoms with Gasteiger partial charge in [0.25, 0.3) is 0 Å². The van der Waals surface area contributed by atoms with Gasteiger partial charge < -0.3 is 14.6 Å². The van der Waals surface area contributed by atoms with Gasteiger partial charge in [0, 0.05) is 35.9 Å². The smallest absolute Gasteiger partial charge is 0.233 e. The number of benzene rings is 2. The van der Waals surface area contributed by atoms with Crippen molar-refractivity contribution in [3.63, 3.8) is 0 Å². The van der Waals surface area contributed by atoms with Crippen molar-refractivity contribution in [1.82, 2.24) is 10.3 Å². The van der Waals surface area contributed by atoms with Gasteiger partial charge in [-0.15, -0.1) is 0 Å². The van der Waals surface area contributed by atoms with Crippen LogP contribution < -0.4 is 10.2 Å². The predicted molar refractivity (Wildman–Crippen MR) is 101 cm³/mol. The van der Waals surface area contributed by atoms with E-state index in [1.165, 1.54) is 0 Å². The van der Waals surface area contributed by atoms with Crippen LogP contribution in [-0.2, 0) is 17.8 Å². The standard InChI is InChI=1S/C20H18ClN3O2/c21-16-7-5-14(6-8-16)20-23-17(13-26-20)11-19(25)24-10-9-22-12-15-3-1-2-4-18(15)24/h1-8,13,22H,9-12H2. The molecular formula is C20H18ClN3O2. The number of carbonyl (C=O) groups is 1. The van der Waals surface area contributed by atoms with E-state index in [1.54, 1.807) is 18.4 Å². The molecule has 0 fully saturated rings. The molecule has 0 aliphatic carbocycles. The van der Waals surface area contributed by atoms with E-state index in [4.69, 9.17) is 16.0 Å². The summed E-state index contributed by atoms with van der Waals surface area (Å²) >= 11 is 5.91. The lowest BCUT2D eigenvalue weighted by molar-refractivity contribution is -0.118. The van der Waals surface area contributed by atoms with Crippen LogP contribution in [0.1, 0.15) is 11.3 Å². The summed E-state index contributed by atoms with van der Waals surface area (Å²) in [5, 5.41) is 4.00. The molecule has 0 radical (unpaired) electrons. The topological polar surface area (TPSA) is 58.4 Å². The molecule has 3 aromatic rings. The number of rotatable bonds is 3. The Kier molecular flexibility index (Phi) is 4.73. The highest BCUT2D eigenvalue weighted by atomic mass is 35.5. The molecule has 26 heavy (non-hydrogen) atoms. The van der Waals surface area contributed by atoms with Crippen molar-refractivity contribution in [1.29, 1.82) is 0 Å². The van der Waals surface area contributed by atoms with E-state index in [1.807, 2.05) is 41.3 Å². The number of halogens is 1. The third-order valence-electron chi connectivity index (χ3n) is 4.39. The highest BCUT2D eigenvalue weighted by Crippen LogP contribution is 2.24. The van der Waals surface area contributed by atoms with Gasteiger partial charge in [-0.2, -0.15) is 0 Å². The second-order valence-corrected chi connectivity index (χ2v) is 6.61. The van der Waals surface area contributed by atoms with Crippen LogP contribution in [0.5, 0.6) is 0 Å². The van der Waals surface area contributed by atoms with Crippen molar-refractivity contribution < 1.29 is 9.21 Å². The number of anilines is 1. The zero-order chi connectivity index (χ0) is 17.9. The molecule has 2 heterocycles. The zero-order valence-corrected chi connectivity index (χ0v) is 14.9. The number of oxazole rings is 1. The SMILES string of the molecule is O=C(Cc1coc(-c2ccc(Cl)cc2)n1)N1CCNCc2ccccc21. The van der Waals surface area contributed by atoms with Crippen LogP contribution >= 0.6 is 11.6 Å². The summed E-state index contributed by atoms with van der Waals surface area (Å²) in [6, 6.07) is 15.2. The van der Waals surface area contributed by atoms with Crippen LogP contribution in [0.3, 0.4) is 0 Å². The molecule has 1 aliphatic heterocycles. The fraction of sp³-hybridized carbons (Fsp3) is 0.200. The first-order valence-electron chi connectivity index (χ1n) is 8.50. The van der Waals surface area contributed by atoms with Gasteiger partial charge in [0.2, 0.25) is 11.8 Å². The summed E-state index contributed by atoms with van der Waals surface area (Å²) in [5.74, 6) is 0.500. The number of nitrogens with zero attached hydrogens (tertiary/aromatic N) is 2. The van der Waals surface area contributed by atoms with Crippen molar-refractivity contribution in [2.24, 2.45) is 0 Å². The first-order chi connectivity index (χ1) is 12.7. The van der Waals surface area contributed by atoms with Crippen LogP contribution in [0.25, 0.3) is 11.5 Å². The maximum absolute atomic E-state index is 12.9. The number of amides is 1. The molecule has 5 nitrogen and oxygen atoms in total. The minimum Gasteiger partial charge on any atom is -0.444 e. The summed E-state index contributed by atoms with van der Waals surface area (Å²) in [5.41, 5.74) is 3.54. The van der Waals surface area contributed by atoms with Crippen molar-refractivity contribution in [3.8, 4) is 11.5 Å². The summed E-state index contributed by atoms with van der Waals surface area (Å²) < 4.78 is 5.54. The van der Waals surface area contributed by atoms with Crippen molar-refractivity contribution in [2.75, 3.05) is 18.0 Å². The summed E-state index contributed by atoms with van der Waals surface area (Å²) in [4.78, 5) is 19.1. The molecule has 1 aliphatic rings. The van der Waals surface area contributed by atoms with Crippen LogP contribution in [0, 0.1) is 0 Å². The van der Waals surface area contributed by atoms with E-state index in [0.29, 0.717) is 23.2 Å². The molecule has 4 rings (SSSR count). The summed E-state index contributed by atoms with van der Waals surface area (Å²) in [7, 11) is 0. The first-order valence-corrected chi connectivity index (χ1v) is 8.88. The monoisotopic (exact) mass is 367 g/mol. The molecule has 1 N–H and O–H groups in total. The Morgan fingerprint density at radius 3 is 2.85 bits per heavy atom. The van der Waals surface area contributed by atoms with E-state index in [2.05, 4.69) is 10.3 Å². The van der Waals surface area contributed by atoms with Crippen molar-refractivity contribution in [3.05, 3.63) is 71.1 Å². The average Bonchev–Trinajstić information content (AvgIpc) is 3.00. The van der Waals surface area contributed by atoms with Crippen molar-refractivity contribution >= 4 is 23.2 Å². The van der Waals surface area contributed by atoms with Crippen molar-refractivity contribution in [2.45, 2.75) is 13.0 Å². The van der Waals surface area contributed by atoms with E-state index in [9.17, 15) is 4.79 Å². The van der Waals surface area contributed by atoms with E-state index >= 15 is 0 Å². The zero-order valence-electron chi connectivity index (χ0n) is 14.1. The second kappa shape index (κ2) is 7.32. The summed E-state index contributed by atoms with van der Waals surface area (Å²) in [6.45, 7) is 2.16. The maximum Gasteiger partial charge on any atom is 0.233 e. The number of hydrogen-bond acceptors (Lipinski definition) is 4. The average molecular weight is 368 g/mol. The molecule has 0 unspecified atom stereocenters. The van der Waals surface area contributed by atoms with Crippen LogP contribution in [0.4, 0.5) is 5.69 Å². The molecule has 0 saturated carbocycles. The number of aromatic nitrogens is 1. The van der Waals surface area contributed by atoms with Gasteiger partial charge in [0.15, 0.2) is 0 Å². The highest BCUT2D eigenvalue weighted by molar-refractivity contribution is 6.30. The molecule has 1 aromatic heterocycles. The van der Waals surface area contributed by atoms with Crippen LogP contribution in [0.15, 0.2) is 59.2 Å². The molecule has 0 bridgehead atoms. The molecule has 2 aromatic carbocycles. The normalized spacial score (nSPS) is 14.0. The van der Waals surface area contributed by atoms with Crippen LogP contribution in [-0.4, -0.2) is 24.0 Å². The first kappa shape index (κ1) is 16.8. The fourth-order valence-electron chi connectivity index (χ4n) is 3.08. The number of para-hydroxylation sites is 1. The van der Waals surface area contributed by atoms with Gasteiger partial charge in [-0.25, -0.2) is 4.98 Å². The Bertz CT molecular complexity index is 921. The van der Waals surface area contributed by atoms with Crippen LogP contribution in [0.2, 0.25) is 5.02 Å². The minimum atomic E-state index is 0.0112. The Labute approximate surface area is 156 Å². The fourth-order valence-corrected chi connectivity index (χ4v) is 3.21. The van der Waals surface area contributed by atoms with E-state index in [0.717, 1.165) is 29.9 Å². The van der Waals surface area contributed by atoms with Gasteiger partial charge in [0.1, 0.15) is 6.26 Å². The Morgan fingerprint density at radius 2 is 2.00 bits per heavy atom. The third-order valence-corrected chi connectivity index (χ3v) is 4.64. The Hall–Kier alpha value is -2.63. The molecule has 0 spiro atoms. The Balaban J connectivity index is 1.53. The second-order valence-electron chi connectivity index (χ2n) is 6.18. The quantitative estimate of drug-likeness (QED) is 0.767. The molecule has 6 heteroatoms. The van der Waals surface area contributed by atoms with E-state index < -0.39 is 0 Å². The lowest BCUT2D eigenvalue weighted by Gasteiger charge is -2.22. The third kappa shape index (κ3) is 3.49. The van der Waals surface area contributed by atoms with Gasteiger partial charge in [-0.05, 0) is 35.9 Å². The molecular weight excluding hydrogens is 350 g/mol. The number of hydrogen-bond donors (Lipinski definition) is 1. The number of fused-ring (bicyclic) bond motifs is 1. The molecule has 0 atom stereocenters. The van der Waals surface area contributed by atoms with Gasteiger partial charge >= 0.3 is 0 Å². The van der Waals surface area contributed by atoms with E-state index in [-0.39, 0.29) is 12.3 Å². The highest BCUT2D eigenvalue weighted by Gasteiger charge is 2.22. The largest absolute Gasteiger partial charge is 0.444 e. The lowest BCUT2D eigenvalue weighted by Crippen LogP contribution is -2.35. The molecule has 1 amide bonds. The lowest BCUT2D eigenvalue weighted by atomic mass is 10.1. The maximum atomic E-state index is 12.9. The van der Waals surface area contributed by atoms with Gasteiger partial charge in [0.05, 0.1) is 12.1 Å². The molecule has 132 valence electrons. The predicted octanol–water partition coefficient (Wildman–Crippen LogP) is 3.67. The summed E-state index contributed by atoms with van der Waals surface area (Å²) in [6.07, 6.45) is 1.75. The number of nitrogens with one attached hydrogen (secondary N) is 1. The minimum absolute atomic E-state index is 0.0112. The van der Waals surface area contributed by atoms with Gasteiger partial charge in [-0.3, -0.25) is 4.79 Å². The number of carbonyl (C=O) groups excluding carboxylic acids is 1. The van der Waals surface area contributed by atoms with Gasteiger partial charge in [-0.1, -0.05) is 29.8 Å². The Morgan fingerprint density at radius 1 is 1.19 bits per heavy atom. The molecule has 0 saturated heterocycles.